The van der Waals surface area contributed by atoms with Crippen molar-refractivity contribution in [3.05, 3.63) is 28.8 Å². The maximum atomic E-state index is 11.8. The molecular formula is C13H16Cl2O5S. The largest absolute Gasteiger partial charge is 0.460 e. The van der Waals surface area contributed by atoms with E-state index in [2.05, 4.69) is 0 Å². The quantitative estimate of drug-likeness (QED) is 0.427. The summed E-state index contributed by atoms with van der Waals surface area (Å²) >= 11 is 5.73. The second-order valence-corrected chi connectivity index (χ2v) is 7.63. The Morgan fingerprint density at radius 2 is 1.95 bits per heavy atom. The summed E-state index contributed by atoms with van der Waals surface area (Å²) in [5.41, 5.74) is 0.0579. The van der Waals surface area contributed by atoms with E-state index in [1.54, 1.807) is 0 Å². The van der Waals surface area contributed by atoms with Crippen molar-refractivity contribution < 1.29 is 22.7 Å². The zero-order chi connectivity index (χ0) is 16.0. The predicted octanol–water partition coefficient (Wildman–Crippen LogP) is 3.10. The van der Waals surface area contributed by atoms with Crippen LogP contribution in [0.4, 0.5) is 0 Å². The number of hydrogen-bond donors (Lipinski definition) is 0. The van der Waals surface area contributed by atoms with Crippen molar-refractivity contribution in [1.29, 1.82) is 0 Å². The van der Waals surface area contributed by atoms with Gasteiger partial charge in [0, 0.05) is 17.3 Å². The van der Waals surface area contributed by atoms with Crippen LogP contribution in [0.15, 0.2) is 23.1 Å². The van der Waals surface area contributed by atoms with E-state index in [1.165, 1.54) is 12.1 Å². The van der Waals surface area contributed by atoms with E-state index in [1.807, 2.05) is 13.8 Å². The number of hydrogen-bond acceptors (Lipinski definition) is 5. The molecule has 0 N–H and O–H groups in total. The molecule has 118 valence electrons. The number of ether oxygens (including phenoxy) is 2. The van der Waals surface area contributed by atoms with Gasteiger partial charge in [0.05, 0.1) is 17.2 Å². The normalized spacial score (nSPS) is 11.7. The van der Waals surface area contributed by atoms with Gasteiger partial charge in [-0.05, 0) is 24.1 Å². The fraction of sp³-hybridized carbons (Fsp3) is 0.462. The smallest absolute Gasteiger partial charge is 0.338 e. The number of carbonyl (C=O) groups is 1. The molecule has 0 bridgehead atoms. The molecule has 0 unspecified atom stereocenters. The van der Waals surface area contributed by atoms with Crippen LogP contribution in [0.1, 0.15) is 24.2 Å². The van der Waals surface area contributed by atoms with Crippen LogP contribution >= 0.6 is 22.3 Å². The number of benzene rings is 1. The van der Waals surface area contributed by atoms with E-state index in [0.29, 0.717) is 12.5 Å². The molecule has 0 saturated carbocycles. The van der Waals surface area contributed by atoms with E-state index in [4.69, 9.17) is 31.8 Å². The van der Waals surface area contributed by atoms with Gasteiger partial charge in [-0.3, -0.25) is 0 Å². The van der Waals surface area contributed by atoms with Crippen LogP contribution < -0.4 is 0 Å². The Bertz CT molecular complexity index is 599. The summed E-state index contributed by atoms with van der Waals surface area (Å²) in [6, 6.07) is 3.73. The topological polar surface area (TPSA) is 69.7 Å². The van der Waals surface area contributed by atoms with Crippen LogP contribution in [-0.4, -0.2) is 34.2 Å². The Morgan fingerprint density at radius 3 is 2.52 bits per heavy atom. The van der Waals surface area contributed by atoms with Crippen LogP contribution in [0.2, 0.25) is 5.02 Å². The molecule has 0 aliphatic heterocycles. The third-order valence-electron chi connectivity index (χ3n) is 2.34. The van der Waals surface area contributed by atoms with Crippen molar-refractivity contribution in [3.63, 3.8) is 0 Å². The second kappa shape index (κ2) is 7.98. The minimum Gasteiger partial charge on any atom is -0.460 e. The molecule has 0 fully saturated rings. The van der Waals surface area contributed by atoms with Crippen LogP contribution in [0.5, 0.6) is 0 Å². The molecule has 0 radical (unpaired) electrons. The lowest BCUT2D eigenvalue weighted by Crippen LogP contribution is -2.13. The Balaban J connectivity index is 2.63. The molecule has 0 saturated heterocycles. The molecule has 0 spiro atoms. The molecule has 21 heavy (non-hydrogen) atoms. The van der Waals surface area contributed by atoms with Crippen LogP contribution in [-0.2, 0) is 18.5 Å². The van der Waals surface area contributed by atoms with E-state index >= 15 is 0 Å². The van der Waals surface area contributed by atoms with Gasteiger partial charge in [-0.2, -0.15) is 0 Å². The summed E-state index contributed by atoms with van der Waals surface area (Å²) in [6.07, 6.45) is 0. The summed E-state index contributed by atoms with van der Waals surface area (Å²) in [5.74, 6) is -0.269. The SMILES string of the molecule is CC(C)COCCOC(=O)c1ccc(Cl)c(S(=O)(=O)Cl)c1. The van der Waals surface area contributed by atoms with E-state index in [0.717, 1.165) is 6.07 Å². The first-order valence-corrected chi connectivity index (χ1v) is 8.89. The van der Waals surface area contributed by atoms with Gasteiger partial charge in [0.1, 0.15) is 11.5 Å². The minimum atomic E-state index is -4.02. The van der Waals surface area contributed by atoms with Gasteiger partial charge in [0.15, 0.2) is 0 Å². The van der Waals surface area contributed by atoms with Crippen molar-refractivity contribution in [2.75, 3.05) is 19.8 Å². The minimum absolute atomic E-state index is 0.0539. The summed E-state index contributed by atoms with van der Waals surface area (Å²) in [7, 11) is 1.21. The average molecular weight is 355 g/mol. The highest BCUT2D eigenvalue weighted by atomic mass is 35.7. The standard InChI is InChI=1S/C13H16Cl2O5S/c1-9(2)8-19-5-6-20-13(16)10-3-4-11(14)12(7-10)21(15,17)18/h3-4,7,9H,5-6,8H2,1-2H3. The molecule has 1 rings (SSSR count). The number of rotatable bonds is 7. The van der Waals surface area contributed by atoms with Gasteiger partial charge in [-0.15, -0.1) is 0 Å². The third kappa shape index (κ3) is 6.22. The van der Waals surface area contributed by atoms with Gasteiger partial charge < -0.3 is 9.47 Å². The molecule has 0 aromatic heterocycles. The van der Waals surface area contributed by atoms with Gasteiger partial charge in [0.2, 0.25) is 0 Å². The first-order valence-electron chi connectivity index (χ1n) is 6.21. The zero-order valence-electron chi connectivity index (χ0n) is 11.6. The summed E-state index contributed by atoms with van der Waals surface area (Å²) in [5, 5.41) is -0.0539. The Kier molecular flexibility index (Phi) is 6.93. The first kappa shape index (κ1) is 18.2. The van der Waals surface area contributed by atoms with Gasteiger partial charge in [-0.25, -0.2) is 13.2 Å². The summed E-state index contributed by atoms with van der Waals surface area (Å²) in [6.45, 7) is 4.95. The predicted molar refractivity (Wildman–Crippen MR) is 80.4 cm³/mol. The van der Waals surface area contributed by atoms with Crippen molar-refractivity contribution in [3.8, 4) is 0 Å². The molecule has 0 aliphatic carbocycles. The molecule has 0 atom stereocenters. The lowest BCUT2D eigenvalue weighted by atomic mass is 10.2. The molecular weight excluding hydrogens is 339 g/mol. The Labute approximate surface area is 133 Å². The maximum Gasteiger partial charge on any atom is 0.338 e. The lowest BCUT2D eigenvalue weighted by molar-refractivity contribution is 0.0277. The first-order chi connectivity index (χ1) is 9.71. The molecule has 8 heteroatoms. The van der Waals surface area contributed by atoms with Crippen molar-refractivity contribution >= 4 is 37.3 Å². The summed E-state index contributed by atoms with van der Waals surface area (Å²) < 4.78 is 32.8. The van der Waals surface area contributed by atoms with Gasteiger partial charge >= 0.3 is 5.97 Å². The molecule has 0 heterocycles. The van der Waals surface area contributed by atoms with Gasteiger partial charge in [0.25, 0.3) is 9.05 Å². The third-order valence-corrected chi connectivity index (χ3v) is 4.15. The highest BCUT2D eigenvalue weighted by molar-refractivity contribution is 8.13. The number of carbonyl (C=O) groups excluding carboxylic acids is 1. The van der Waals surface area contributed by atoms with Crippen LogP contribution in [0.3, 0.4) is 0 Å². The molecule has 1 aromatic carbocycles. The van der Waals surface area contributed by atoms with Crippen molar-refractivity contribution in [2.45, 2.75) is 18.7 Å². The van der Waals surface area contributed by atoms with E-state index in [9.17, 15) is 13.2 Å². The second-order valence-electron chi connectivity index (χ2n) is 4.69. The zero-order valence-corrected chi connectivity index (χ0v) is 14.0. The van der Waals surface area contributed by atoms with E-state index in [-0.39, 0.29) is 28.7 Å². The van der Waals surface area contributed by atoms with Crippen LogP contribution in [0.25, 0.3) is 0 Å². The average Bonchev–Trinajstić information content (AvgIpc) is 2.36. The number of halogens is 2. The maximum absolute atomic E-state index is 11.8. The summed E-state index contributed by atoms with van der Waals surface area (Å²) in [4.78, 5) is 11.5. The highest BCUT2D eigenvalue weighted by Crippen LogP contribution is 2.25. The Hall–Kier alpha value is -0.820. The fourth-order valence-electron chi connectivity index (χ4n) is 1.41. The van der Waals surface area contributed by atoms with Gasteiger partial charge in [-0.1, -0.05) is 25.4 Å². The molecule has 5 nitrogen and oxygen atoms in total. The monoisotopic (exact) mass is 354 g/mol. The fourth-order valence-corrected chi connectivity index (χ4v) is 2.91. The molecule has 1 aromatic rings. The van der Waals surface area contributed by atoms with Crippen LogP contribution in [0, 0.1) is 5.92 Å². The number of esters is 1. The molecule has 0 aliphatic rings. The van der Waals surface area contributed by atoms with Crippen molar-refractivity contribution in [1.82, 2.24) is 0 Å². The highest BCUT2D eigenvalue weighted by Gasteiger charge is 2.18. The molecule has 0 amide bonds. The van der Waals surface area contributed by atoms with E-state index < -0.39 is 15.0 Å². The van der Waals surface area contributed by atoms with Crippen molar-refractivity contribution in [2.24, 2.45) is 5.92 Å². The Morgan fingerprint density at radius 1 is 1.29 bits per heavy atom. The lowest BCUT2D eigenvalue weighted by Gasteiger charge is -2.08.